The van der Waals surface area contributed by atoms with E-state index in [1.165, 1.54) is 6.26 Å². The molecule has 0 amide bonds. The second-order valence-corrected chi connectivity index (χ2v) is 3.66. The van der Waals surface area contributed by atoms with Gasteiger partial charge in [0.1, 0.15) is 6.61 Å². The summed E-state index contributed by atoms with van der Waals surface area (Å²) in [7, 11) is 0. The summed E-state index contributed by atoms with van der Waals surface area (Å²) in [5.74, 6) is 0.294. The first-order valence-corrected chi connectivity index (χ1v) is 5.25. The molecule has 0 spiro atoms. The molecule has 0 aliphatic carbocycles. The first-order valence-electron chi connectivity index (χ1n) is 5.25. The summed E-state index contributed by atoms with van der Waals surface area (Å²) in [4.78, 5) is 11.5. The molecule has 0 atom stereocenters. The zero-order chi connectivity index (χ0) is 10.5. The fraction of sp³-hybridized carbons (Fsp3) is 0.545. The zero-order valence-corrected chi connectivity index (χ0v) is 9.79. The van der Waals surface area contributed by atoms with E-state index < -0.39 is 0 Å². The lowest BCUT2D eigenvalue weighted by Crippen LogP contribution is -2.33. The van der Waals surface area contributed by atoms with Crippen molar-refractivity contribution in [1.29, 1.82) is 0 Å². The van der Waals surface area contributed by atoms with Gasteiger partial charge >= 0.3 is 0 Å². The summed E-state index contributed by atoms with van der Waals surface area (Å²) < 4.78 is 10.5. The molecule has 1 aliphatic rings. The van der Waals surface area contributed by atoms with Crippen molar-refractivity contribution < 1.29 is 13.9 Å². The van der Waals surface area contributed by atoms with E-state index in [1.807, 2.05) is 0 Å². The van der Waals surface area contributed by atoms with Crippen molar-refractivity contribution in [2.75, 3.05) is 19.7 Å². The number of carbonyl (C=O) groups is 1. The van der Waals surface area contributed by atoms with Crippen LogP contribution in [0.25, 0.3) is 0 Å². The first-order chi connectivity index (χ1) is 7.36. The van der Waals surface area contributed by atoms with E-state index in [0.717, 1.165) is 25.9 Å². The lowest BCUT2D eigenvalue weighted by atomic mass is 10.1. The number of rotatable bonds is 4. The van der Waals surface area contributed by atoms with Gasteiger partial charge < -0.3 is 14.5 Å². The van der Waals surface area contributed by atoms with Gasteiger partial charge in [0.15, 0.2) is 5.76 Å². The molecular weight excluding hydrogens is 230 g/mol. The van der Waals surface area contributed by atoms with E-state index in [2.05, 4.69) is 5.32 Å². The van der Waals surface area contributed by atoms with Crippen LogP contribution < -0.4 is 5.32 Å². The monoisotopic (exact) mass is 245 g/mol. The van der Waals surface area contributed by atoms with Crippen molar-refractivity contribution in [3.63, 3.8) is 0 Å². The van der Waals surface area contributed by atoms with Crippen molar-refractivity contribution in [3.05, 3.63) is 24.2 Å². The topological polar surface area (TPSA) is 51.5 Å². The second-order valence-electron chi connectivity index (χ2n) is 3.66. The summed E-state index contributed by atoms with van der Waals surface area (Å²) in [6.07, 6.45) is 3.67. The van der Waals surface area contributed by atoms with Crippen LogP contribution in [0.1, 0.15) is 23.4 Å². The van der Waals surface area contributed by atoms with Gasteiger partial charge in [0, 0.05) is 0 Å². The van der Waals surface area contributed by atoms with Crippen LogP contribution >= 0.6 is 12.4 Å². The third-order valence-electron chi connectivity index (χ3n) is 2.53. The standard InChI is InChI=1S/C11H15NO3.ClH/c13-10(11-2-1-7-14-11)8-15-9-3-5-12-6-4-9;/h1-2,7,9,12H,3-6,8H2;1H. The van der Waals surface area contributed by atoms with Crippen molar-refractivity contribution in [2.24, 2.45) is 0 Å². The van der Waals surface area contributed by atoms with Crippen molar-refractivity contribution in [3.8, 4) is 0 Å². The van der Waals surface area contributed by atoms with E-state index in [1.54, 1.807) is 12.1 Å². The van der Waals surface area contributed by atoms with Crippen LogP contribution in [0, 0.1) is 0 Å². The third-order valence-corrected chi connectivity index (χ3v) is 2.53. The van der Waals surface area contributed by atoms with Crippen LogP contribution in [0.3, 0.4) is 0 Å². The van der Waals surface area contributed by atoms with Crippen molar-refractivity contribution in [2.45, 2.75) is 18.9 Å². The summed E-state index contributed by atoms with van der Waals surface area (Å²) in [5, 5.41) is 3.25. The number of hydrogen-bond acceptors (Lipinski definition) is 4. The highest BCUT2D eigenvalue weighted by atomic mass is 35.5. The summed E-state index contributed by atoms with van der Waals surface area (Å²) in [5.41, 5.74) is 0. The molecule has 1 aliphatic heterocycles. The predicted molar refractivity (Wildman–Crippen MR) is 62.1 cm³/mol. The van der Waals surface area contributed by atoms with Crippen LogP contribution in [0.15, 0.2) is 22.8 Å². The Hall–Kier alpha value is -0.840. The van der Waals surface area contributed by atoms with Gasteiger partial charge in [0.2, 0.25) is 5.78 Å². The van der Waals surface area contributed by atoms with Crippen LogP contribution in [-0.4, -0.2) is 31.6 Å². The fourth-order valence-corrected chi connectivity index (χ4v) is 1.66. The summed E-state index contributed by atoms with van der Waals surface area (Å²) in [6, 6.07) is 3.37. The maximum absolute atomic E-state index is 11.5. The highest BCUT2D eigenvalue weighted by Crippen LogP contribution is 2.08. The number of piperidine rings is 1. The Kier molecular flexibility index (Phi) is 5.52. The van der Waals surface area contributed by atoms with Gasteiger partial charge in [0.25, 0.3) is 0 Å². The summed E-state index contributed by atoms with van der Waals surface area (Å²) in [6.45, 7) is 2.07. The lowest BCUT2D eigenvalue weighted by Gasteiger charge is -2.22. The molecule has 16 heavy (non-hydrogen) atoms. The highest BCUT2D eigenvalue weighted by molar-refractivity contribution is 5.94. The van der Waals surface area contributed by atoms with Gasteiger partial charge in [0.05, 0.1) is 12.4 Å². The Morgan fingerprint density at radius 2 is 2.25 bits per heavy atom. The van der Waals surface area contributed by atoms with Gasteiger partial charge in [-0.15, -0.1) is 12.4 Å². The highest BCUT2D eigenvalue weighted by Gasteiger charge is 2.16. The molecule has 0 aromatic carbocycles. The minimum absolute atomic E-state index is 0. The Labute approximate surface area is 101 Å². The zero-order valence-electron chi connectivity index (χ0n) is 8.98. The van der Waals surface area contributed by atoms with E-state index in [0.29, 0.717) is 5.76 Å². The van der Waals surface area contributed by atoms with Gasteiger partial charge in [-0.3, -0.25) is 4.79 Å². The molecule has 0 unspecified atom stereocenters. The Morgan fingerprint density at radius 1 is 1.50 bits per heavy atom. The number of Topliss-reactive ketones (excluding diaryl/α,β-unsaturated/α-hetero) is 1. The fourth-order valence-electron chi connectivity index (χ4n) is 1.66. The molecule has 1 aromatic rings. The molecule has 0 saturated carbocycles. The molecule has 0 bridgehead atoms. The van der Waals surface area contributed by atoms with Crippen LogP contribution in [-0.2, 0) is 4.74 Å². The molecule has 2 heterocycles. The quantitative estimate of drug-likeness (QED) is 0.820. The maximum atomic E-state index is 11.5. The number of ketones is 1. The molecular formula is C11H16ClNO3. The van der Waals surface area contributed by atoms with E-state index in [-0.39, 0.29) is 30.9 Å². The average molecular weight is 246 g/mol. The molecule has 1 saturated heterocycles. The average Bonchev–Trinajstić information content (AvgIpc) is 2.81. The molecule has 4 nitrogen and oxygen atoms in total. The van der Waals surface area contributed by atoms with Crippen LogP contribution in [0.4, 0.5) is 0 Å². The van der Waals surface area contributed by atoms with E-state index in [9.17, 15) is 4.79 Å². The van der Waals surface area contributed by atoms with Gasteiger partial charge in [-0.1, -0.05) is 0 Å². The molecule has 5 heteroatoms. The molecule has 1 N–H and O–H groups in total. The van der Waals surface area contributed by atoms with Gasteiger partial charge in [-0.2, -0.15) is 0 Å². The number of nitrogens with one attached hydrogen (secondary N) is 1. The summed E-state index contributed by atoms with van der Waals surface area (Å²) >= 11 is 0. The minimum Gasteiger partial charge on any atom is -0.461 e. The minimum atomic E-state index is -0.0847. The van der Waals surface area contributed by atoms with Crippen LogP contribution in [0.5, 0.6) is 0 Å². The number of halogens is 1. The Morgan fingerprint density at radius 3 is 2.88 bits per heavy atom. The number of furan rings is 1. The molecule has 0 radical (unpaired) electrons. The molecule has 1 aromatic heterocycles. The first kappa shape index (κ1) is 13.2. The SMILES string of the molecule is Cl.O=C(COC1CCNCC1)c1ccco1. The van der Waals surface area contributed by atoms with Crippen LogP contribution in [0.2, 0.25) is 0 Å². The number of hydrogen-bond donors (Lipinski definition) is 1. The van der Waals surface area contributed by atoms with Gasteiger partial charge in [-0.05, 0) is 38.1 Å². The maximum Gasteiger partial charge on any atom is 0.223 e. The van der Waals surface area contributed by atoms with Crippen molar-refractivity contribution >= 4 is 18.2 Å². The second kappa shape index (κ2) is 6.68. The van der Waals surface area contributed by atoms with E-state index >= 15 is 0 Å². The predicted octanol–water partition coefficient (Wildman–Crippen LogP) is 1.65. The molecule has 2 rings (SSSR count). The normalized spacial score (nSPS) is 16.8. The Bertz CT molecular complexity index is 307. The smallest absolute Gasteiger partial charge is 0.223 e. The molecule has 90 valence electrons. The number of carbonyl (C=O) groups excluding carboxylic acids is 1. The number of ether oxygens (including phenoxy) is 1. The molecule has 1 fully saturated rings. The third kappa shape index (κ3) is 3.63. The van der Waals surface area contributed by atoms with Gasteiger partial charge in [-0.25, -0.2) is 0 Å². The lowest BCUT2D eigenvalue weighted by molar-refractivity contribution is 0.0303. The van der Waals surface area contributed by atoms with E-state index in [4.69, 9.17) is 9.15 Å². The largest absolute Gasteiger partial charge is 0.461 e. The van der Waals surface area contributed by atoms with Crippen molar-refractivity contribution in [1.82, 2.24) is 5.32 Å². The Balaban J connectivity index is 0.00000128.